The molecule has 0 fully saturated rings. The molecule has 3 aromatic rings. The van der Waals surface area contributed by atoms with E-state index in [0.717, 1.165) is 28.9 Å². The number of phenolic OH excluding ortho intramolecular Hbond substituents is 1. The van der Waals surface area contributed by atoms with Crippen LogP contribution in [0, 0.1) is 0 Å². The van der Waals surface area contributed by atoms with Crippen molar-refractivity contribution in [1.29, 1.82) is 0 Å². The summed E-state index contributed by atoms with van der Waals surface area (Å²) >= 11 is 0. The fourth-order valence-electron chi connectivity index (χ4n) is 3.30. The highest BCUT2D eigenvalue weighted by Crippen LogP contribution is 2.27. The van der Waals surface area contributed by atoms with Gasteiger partial charge in [0.05, 0.1) is 25.4 Å². The Balaban J connectivity index is 0.00000158. The van der Waals surface area contributed by atoms with Crippen LogP contribution in [0.3, 0.4) is 0 Å². The Labute approximate surface area is 200 Å². The number of amides is 1. The molecule has 6 nitrogen and oxygen atoms in total. The molecule has 1 heterocycles. The predicted octanol–water partition coefficient (Wildman–Crippen LogP) is 5.96. The number of carbonyl (C=O) groups is 1. The highest BCUT2D eigenvalue weighted by molar-refractivity contribution is 5.95. The smallest absolute Gasteiger partial charge is 0.230 e. The van der Waals surface area contributed by atoms with Crippen LogP contribution in [0.5, 0.6) is 11.5 Å². The molecule has 4 rings (SSSR count). The quantitative estimate of drug-likeness (QED) is 0.479. The van der Waals surface area contributed by atoms with Gasteiger partial charge in [0, 0.05) is 11.1 Å². The summed E-state index contributed by atoms with van der Waals surface area (Å²) in [5, 5.41) is 12.3. The molecule has 0 saturated heterocycles. The third-order valence-corrected chi connectivity index (χ3v) is 4.97. The average Bonchev–Trinajstić information content (AvgIpc) is 3.17. The van der Waals surface area contributed by atoms with Crippen LogP contribution >= 0.6 is 0 Å². The van der Waals surface area contributed by atoms with Gasteiger partial charge < -0.3 is 15.2 Å². The lowest BCUT2D eigenvalue weighted by atomic mass is 10.1. The van der Waals surface area contributed by atoms with Crippen LogP contribution in [0.15, 0.2) is 85.1 Å². The van der Waals surface area contributed by atoms with E-state index in [-0.39, 0.29) is 18.1 Å². The number of rotatable bonds is 6. The van der Waals surface area contributed by atoms with Crippen molar-refractivity contribution in [2.75, 3.05) is 12.4 Å². The van der Waals surface area contributed by atoms with Gasteiger partial charge in [-0.3, -0.25) is 4.79 Å². The maximum Gasteiger partial charge on any atom is 0.230 e. The van der Waals surface area contributed by atoms with Crippen molar-refractivity contribution in [3.05, 3.63) is 96.4 Å². The lowest BCUT2D eigenvalue weighted by molar-refractivity contribution is -0.115. The summed E-state index contributed by atoms with van der Waals surface area (Å²) < 4.78 is 5.23. The minimum absolute atomic E-state index is 0.163. The van der Waals surface area contributed by atoms with E-state index in [4.69, 9.17) is 9.72 Å². The standard InChI is InChI=1S/C26H23N3O3.C2H6/c1-32-22-14-10-19(11-15-22)23-17-27-26(25(28-23)20-6-4-2-3-5-7-20)29-24(31)16-18-8-12-21(30)13-9-18;1-2/h2,4-15,17,30H,3,16H2,1H3,(H,27,29,31);1-2H3. The van der Waals surface area contributed by atoms with E-state index in [9.17, 15) is 9.90 Å². The summed E-state index contributed by atoms with van der Waals surface area (Å²) in [5.74, 6) is 1.12. The van der Waals surface area contributed by atoms with Crippen LogP contribution in [-0.2, 0) is 11.2 Å². The van der Waals surface area contributed by atoms with Gasteiger partial charge in [-0.05, 0) is 48.4 Å². The number of ether oxygens (including phenoxy) is 1. The van der Waals surface area contributed by atoms with Gasteiger partial charge in [0.2, 0.25) is 5.91 Å². The maximum atomic E-state index is 12.7. The van der Waals surface area contributed by atoms with E-state index < -0.39 is 0 Å². The number of hydrogen-bond donors (Lipinski definition) is 2. The van der Waals surface area contributed by atoms with E-state index in [1.165, 1.54) is 0 Å². The van der Waals surface area contributed by atoms with Crippen LogP contribution < -0.4 is 10.1 Å². The first-order valence-corrected chi connectivity index (χ1v) is 11.3. The average molecular weight is 456 g/mol. The minimum Gasteiger partial charge on any atom is -0.508 e. The lowest BCUT2D eigenvalue weighted by Crippen LogP contribution is -2.17. The van der Waals surface area contributed by atoms with E-state index in [1.807, 2.05) is 68.5 Å². The third-order valence-electron chi connectivity index (χ3n) is 4.97. The molecular formula is C28H29N3O3. The van der Waals surface area contributed by atoms with Crippen LogP contribution in [0.2, 0.25) is 0 Å². The van der Waals surface area contributed by atoms with Gasteiger partial charge in [0.1, 0.15) is 17.2 Å². The van der Waals surface area contributed by atoms with Crippen molar-refractivity contribution in [2.24, 2.45) is 0 Å². The molecular weight excluding hydrogens is 426 g/mol. The van der Waals surface area contributed by atoms with Gasteiger partial charge in [-0.1, -0.05) is 56.4 Å². The zero-order valence-electron chi connectivity index (χ0n) is 19.7. The second kappa shape index (κ2) is 12.2. The number of benzene rings is 2. The summed E-state index contributed by atoms with van der Waals surface area (Å²) in [6.45, 7) is 4.00. The second-order valence-corrected chi connectivity index (χ2v) is 7.26. The summed E-state index contributed by atoms with van der Waals surface area (Å²) in [5.41, 5.74) is 3.85. The van der Waals surface area contributed by atoms with Gasteiger partial charge >= 0.3 is 0 Å². The Hall–Kier alpha value is -4.19. The van der Waals surface area contributed by atoms with Crippen molar-refractivity contribution >= 4 is 17.3 Å². The van der Waals surface area contributed by atoms with Gasteiger partial charge in [0.25, 0.3) is 0 Å². The van der Waals surface area contributed by atoms with Crippen LogP contribution in [0.25, 0.3) is 16.8 Å². The highest BCUT2D eigenvalue weighted by atomic mass is 16.5. The topological polar surface area (TPSA) is 84.3 Å². The van der Waals surface area contributed by atoms with Crippen molar-refractivity contribution in [1.82, 2.24) is 9.97 Å². The number of nitrogens with zero attached hydrogens (tertiary/aromatic N) is 2. The molecule has 1 aliphatic carbocycles. The Morgan fingerprint density at radius 3 is 2.50 bits per heavy atom. The second-order valence-electron chi connectivity index (χ2n) is 7.26. The van der Waals surface area contributed by atoms with Crippen LogP contribution in [0.4, 0.5) is 5.82 Å². The SMILES string of the molecule is CC.COc1ccc(-c2cnc(NC(=O)Cc3ccc(O)cc3)c(C3=CC=CCC=C3)n2)cc1. The van der Waals surface area contributed by atoms with Crippen molar-refractivity contribution in [2.45, 2.75) is 26.7 Å². The number of nitrogens with one attached hydrogen (secondary N) is 1. The molecule has 1 amide bonds. The summed E-state index contributed by atoms with van der Waals surface area (Å²) in [6, 6.07) is 14.1. The normalized spacial score (nSPS) is 12.1. The Morgan fingerprint density at radius 1 is 1.06 bits per heavy atom. The first-order valence-electron chi connectivity index (χ1n) is 11.3. The molecule has 0 spiro atoms. The molecule has 0 atom stereocenters. The summed E-state index contributed by atoms with van der Waals surface area (Å²) in [6.07, 6.45) is 12.6. The monoisotopic (exact) mass is 455 g/mol. The molecule has 2 aromatic carbocycles. The number of methoxy groups -OCH3 is 1. The molecule has 2 N–H and O–H groups in total. The van der Waals surface area contributed by atoms with Crippen LogP contribution in [-0.4, -0.2) is 28.1 Å². The maximum absolute atomic E-state index is 12.7. The number of anilines is 1. The van der Waals surface area contributed by atoms with Gasteiger partial charge in [0.15, 0.2) is 5.82 Å². The van der Waals surface area contributed by atoms with Crippen molar-refractivity contribution in [3.8, 4) is 22.8 Å². The Kier molecular flexibility index (Phi) is 8.74. The Bertz CT molecular complexity index is 1190. The van der Waals surface area contributed by atoms with E-state index in [1.54, 1.807) is 37.6 Å². The number of aromatic hydroxyl groups is 1. The molecule has 6 heteroatoms. The third kappa shape index (κ3) is 6.42. The molecule has 174 valence electrons. The van der Waals surface area contributed by atoms with Crippen molar-refractivity contribution < 1.29 is 14.6 Å². The molecule has 1 aliphatic rings. The molecule has 34 heavy (non-hydrogen) atoms. The number of carbonyl (C=O) groups excluding carboxylic acids is 1. The van der Waals surface area contributed by atoms with Crippen molar-refractivity contribution in [3.63, 3.8) is 0 Å². The molecule has 0 bridgehead atoms. The lowest BCUT2D eigenvalue weighted by Gasteiger charge is -2.12. The fourth-order valence-corrected chi connectivity index (χ4v) is 3.30. The zero-order chi connectivity index (χ0) is 24.3. The van der Waals surface area contributed by atoms with E-state index in [2.05, 4.69) is 10.3 Å². The first kappa shape index (κ1) is 24.5. The van der Waals surface area contributed by atoms with E-state index in [0.29, 0.717) is 17.2 Å². The highest BCUT2D eigenvalue weighted by Gasteiger charge is 2.15. The molecule has 0 saturated carbocycles. The minimum atomic E-state index is -0.211. The predicted molar refractivity (Wildman–Crippen MR) is 137 cm³/mol. The summed E-state index contributed by atoms with van der Waals surface area (Å²) in [7, 11) is 1.63. The largest absolute Gasteiger partial charge is 0.508 e. The number of hydrogen-bond acceptors (Lipinski definition) is 5. The molecule has 0 unspecified atom stereocenters. The van der Waals surface area contributed by atoms with Crippen LogP contribution in [0.1, 0.15) is 31.5 Å². The fraction of sp³-hybridized carbons (Fsp3) is 0.179. The molecule has 0 radical (unpaired) electrons. The Morgan fingerprint density at radius 2 is 1.79 bits per heavy atom. The first-order chi connectivity index (χ1) is 16.6. The summed E-state index contributed by atoms with van der Waals surface area (Å²) in [4.78, 5) is 22.1. The van der Waals surface area contributed by atoms with Gasteiger partial charge in [-0.2, -0.15) is 0 Å². The van der Waals surface area contributed by atoms with E-state index >= 15 is 0 Å². The zero-order valence-corrected chi connectivity index (χ0v) is 19.7. The number of aromatic nitrogens is 2. The molecule has 1 aromatic heterocycles. The van der Waals surface area contributed by atoms with Gasteiger partial charge in [-0.15, -0.1) is 0 Å². The number of phenols is 1. The van der Waals surface area contributed by atoms with Gasteiger partial charge in [-0.25, -0.2) is 9.97 Å². The molecule has 0 aliphatic heterocycles. The number of allylic oxidation sites excluding steroid dienone is 6.